The van der Waals surface area contributed by atoms with Crippen molar-refractivity contribution in [2.75, 3.05) is 13.2 Å². The maximum Gasteiger partial charge on any atom is 0.220 e. The van der Waals surface area contributed by atoms with E-state index in [9.17, 15) is 30.3 Å². The molecular formula is C58H113NO8. The average Bonchev–Trinajstić information content (AvgIpc) is 3.33. The fourth-order valence-corrected chi connectivity index (χ4v) is 9.69. The van der Waals surface area contributed by atoms with Gasteiger partial charge >= 0.3 is 0 Å². The van der Waals surface area contributed by atoms with Gasteiger partial charge in [-0.25, -0.2) is 0 Å². The van der Waals surface area contributed by atoms with Crippen LogP contribution in [0.25, 0.3) is 0 Å². The van der Waals surface area contributed by atoms with Crippen LogP contribution in [0.1, 0.15) is 296 Å². The van der Waals surface area contributed by atoms with E-state index < -0.39 is 49.5 Å². The topological polar surface area (TPSA) is 149 Å². The van der Waals surface area contributed by atoms with Crippen molar-refractivity contribution in [1.82, 2.24) is 5.32 Å². The minimum atomic E-state index is -1.56. The second-order valence-electron chi connectivity index (χ2n) is 20.8. The highest BCUT2D eigenvalue weighted by Crippen LogP contribution is 2.23. The number of hydrogen-bond donors (Lipinski definition) is 6. The third-order valence-corrected chi connectivity index (χ3v) is 14.4. The lowest BCUT2D eigenvalue weighted by Crippen LogP contribution is -2.60. The Morgan fingerprint density at radius 1 is 0.493 bits per heavy atom. The van der Waals surface area contributed by atoms with Crippen LogP contribution in [-0.4, -0.2) is 87.5 Å². The number of allylic oxidation sites excluding steroid dienone is 1. The van der Waals surface area contributed by atoms with Gasteiger partial charge in [0, 0.05) is 6.42 Å². The second-order valence-corrected chi connectivity index (χ2v) is 20.8. The summed E-state index contributed by atoms with van der Waals surface area (Å²) in [6.45, 7) is 3.82. The summed E-state index contributed by atoms with van der Waals surface area (Å²) in [5.41, 5.74) is 0. The first-order valence-electron chi connectivity index (χ1n) is 29.4. The molecule has 7 unspecified atom stereocenters. The third kappa shape index (κ3) is 38.3. The van der Waals surface area contributed by atoms with E-state index in [0.29, 0.717) is 6.42 Å². The summed E-state index contributed by atoms with van der Waals surface area (Å²) >= 11 is 0. The number of unbranched alkanes of at least 4 members (excludes halogenated alkanes) is 41. The van der Waals surface area contributed by atoms with Crippen LogP contribution in [0.5, 0.6) is 0 Å². The maximum absolute atomic E-state index is 13.0. The first-order valence-corrected chi connectivity index (χ1v) is 29.4. The zero-order valence-corrected chi connectivity index (χ0v) is 44.2. The largest absolute Gasteiger partial charge is 0.394 e. The molecule has 9 nitrogen and oxygen atoms in total. The fraction of sp³-hybridized carbons (Fsp3) is 0.948. The van der Waals surface area contributed by atoms with Crippen molar-refractivity contribution >= 4 is 5.91 Å². The Morgan fingerprint density at radius 2 is 0.821 bits per heavy atom. The number of aliphatic hydroxyl groups is 5. The number of carbonyl (C=O) groups excluding carboxylic acids is 1. The smallest absolute Gasteiger partial charge is 0.220 e. The monoisotopic (exact) mass is 952 g/mol. The molecular weight excluding hydrogens is 839 g/mol. The van der Waals surface area contributed by atoms with Crippen molar-refractivity contribution in [2.24, 2.45) is 0 Å². The molecule has 9 heteroatoms. The number of carbonyl (C=O) groups is 1. The van der Waals surface area contributed by atoms with Crippen molar-refractivity contribution in [3.8, 4) is 0 Å². The third-order valence-electron chi connectivity index (χ3n) is 14.4. The van der Waals surface area contributed by atoms with Crippen LogP contribution in [0.3, 0.4) is 0 Å². The van der Waals surface area contributed by atoms with Gasteiger partial charge in [-0.1, -0.05) is 283 Å². The van der Waals surface area contributed by atoms with E-state index in [2.05, 4.69) is 19.2 Å². The Morgan fingerprint density at radius 3 is 1.16 bits per heavy atom. The molecule has 0 radical (unpaired) electrons. The molecule has 67 heavy (non-hydrogen) atoms. The van der Waals surface area contributed by atoms with Crippen LogP contribution in [0.4, 0.5) is 0 Å². The van der Waals surface area contributed by atoms with Crippen molar-refractivity contribution in [3.05, 3.63) is 12.2 Å². The highest BCUT2D eigenvalue weighted by molar-refractivity contribution is 5.76. The van der Waals surface area contributed by atoms with Gasteiger partial charge in [-0.15, -0.1) is 0 Å². The van der Waals surface area contributed by atoms with Gasteiger partial charge in [0.25, 0.3) is 0 Å². The fourth-order valence-electron chi connectivity index (χ4n) is 9.69. The molecule has 6 N–H and O–H groups in total. The lowest BCUT2D eigenvalue weighted by molar-refractivity contribution is -0.302. The summed E-state index contributed by atoms with van der Waals surface area (Å²) in [4.78, 5) is 13.0. The molecule has 0 bridgehead atoms. The molecule has 0 aromatic rings. The van der Waals surface area contributed by atoms with Gasteiger partial charge in [0.05, 0.1) is 25.4 Å². The summed E-state index contributed by atoms with van der Waals surface area (Å²) in [6, 6.07) is -0.800. The Balaban J connectivity index is 2.17. The van der Waals surface area contributed by atoms with E-state index in [0.717, 1.165) is 38.5 Å². The highest BCUT2D eigenvalue weighted by Gasteiger charge is 2.44. The molecule has 1 heterocycles. The molecule has 7 atom stereocenters. The van der Waals surface area contributed by atoms with Gasteiger partial charge < -0.3 is 40.3 Å². The molecule has 1 aliphatic rings. The molecule has 0 aromatic heterocycles. The SMILES string of the molecule is CCCCCCCCCCCCCCCCCCCCCCCCCCCCC/C=C/C(O)C(COC1OC(CO)C(O)C(O)C1O)NC(=O)CCCCCCCCCCCCCCCCC. The zero-order valence-electron chi connectivity index (χ0n) is 44.2. The van der Waals surface area contributed by atoms with E-state index in [4.69, 9.17) is 9.47 Å². The highest BCUT2D eigenvalue weighted by atomic mass is 16.7. The summed E-state index contributed by atoms with van der Waals surface area (Å²) in [5, 5.41) is 54.5. The van der Waals surface area contributed by atoms with Crippen molar-refractivity contribution in [3.63, 3.8) is 0 Å². The van der Waals surface area contributed by atoms with Crippen LogP contribution < -0.4 is 5.32 Å². The summed E-state index contributed by atoms with van der Waals surface area (Å²) in [5.74, 6) is -0.171. The first-order chi connectivity index (χ1) is 32.8. The summed E-state index contributed by atoms with van der Waals surface area (Å²) < 4.78 is 11.3. The zero-order chi connectivity index (χ0) is 48.7. The van der Waals surface area contributed by atoms with Crippen LogP contribution >= 0.6 is 0 Å². The Hall–Kier alpha value is -1.07. The predicted octanol–water partition coefficient (Wildman–Crippen LogP) is 14.4. The van der Waals surface area contributed by atoms with E-state index in [-0.39, 0.29) is 12.5 Å². The van der Waals surface area contributed by atoms with E-state index in [1.807, 2.05) is 6.08 Å². The van der Waals surface area contributed by atoms with Gasteiger partial charge in [0.2, 0.25) is 5.91 Å². The number of hydrogen-bond acceptors (Lipinski definition) is 8. The molecule has 0 saturated carbocycles. The van der Waals surface area contributed by atoms with Crippen LogP contribution in [-0.2, 0) is 14.3 Å². The van der Waals surface area contributed by atoms with Gasteiger partial charge in [0.1, 0.15) is 24.4 Å². The lowest BCUT2D eigenvalue weighted by Gasteiger charge is -2.40. The molecule has 0 spiro atoms. The molecule has 0 aliphatic carbocycles. The Kier molecular flexibility index (Phi) is 46.3. The Labute approximate surface area is 414 Å². The van der Waals surface area contributed by atoms with Crippen LogP contribution in [0.2, 0.25) is 0 Å². The molecule has 1 amide bonds. The van der Waals surface area contributed by atoms with Gasteiger partial charge in [-0.3, -0.25) is 4.79 Å². The Bertz CT molecular complexity index is 1060. The molecule has 1 aliphatic heterocycles. The number of rotatable bonds is 51. The minimum absolute atomic E-state index is 0.171. The summed E-state index contributed by atoms with van der Waals surface area (Å²) in [7, 11) is 0. The van der Waals surface area contributed by atoms with Gasteiger partial charge in [-0.05, 0) is 19.3 Å². The number of amides is 1. The minimum Gasteiger partial charge on any atom is -0.394 e. The van der Waals surface area contributed by atoms with Crippen LogP contribution in [0, 0.1) is 0 Å². The number of nitrogens with one attached hydrogen (secondary N) is 1. The normalized spacial score (nSPS) is 19.7. The number of ether oxygens (including phenoxy) is 2. The average molecular weight is 953 g/mol. The molecule has 1 fully saturated rings. The van der Waals surface area contributed by atoms with E-state index >= 15 is 0 Å². The summed E-state index contributed by atoms with van der Waals surface area (Å²) in [6.07, 6.45) is 52.9. The predicted molar refractivity (Wildman–Crippen MR) is 281 cm³/mol. The van der Waals surface area contributed by atoms with E-state index in [1.165, 1.54) is 238 Å². The van der Waals surface area contributed by atoms with Gasteiger partial charge in [0.15, 0.2) is 6.29 Å². The maximum atomic E-state index is 13.0. The second kappa shape index (κ2) is 48.6. The molecule has 1 saturated heterocycles. The van der Waals surface area contributed by atoms with Crippen LogP contribution in [0.15, 0.2) is 12.2 Å². The molecule has 0 aromatic carbocycles. The van der Waals surface area contributed by atoms with E-state index in [1.54, 1.807) is 6.08 Å². The lowest BCUT2D eigenvalue weighted by atomic mass is 9.99. The van der Waals surface area contributed by atoms with Gasteiger partial charge in [-0.2, -0.15) is 0 Å². The quantitative estimate of drug-likeness (QED) is 0.0261. The number of aliphatic hydroxyl groups excluding tert-OH is 5. The molecule has 398 valence electrons. The standard InChI is InChI=1S/C58H113NO8/c1-3-5-7-9-11-13-15-17-19-20-21-22-23-24-25-26-27-28-29-30-31-32-34-35-37-39-41-43-45-47-52(61)51(50-66-58-57(65)56(64)55(63)53(49-60)67-58)59-54(62)48-46-44-42-40-38-36-33-18-16-14-12-10-8-6-4-2/h45,47,51-53,55-58,60-61,63-65H,3-44,46,48-50H2,1-2H3,(H,59,62)/b47-45+. The van der Waals surface area contributed by atoms with Crippen molar-refractivity contribution < 1.29 is 39.8 Å². The first kappa shape index (κ1) is 63.9. The van der Waals surface area contributed by atoms with Crippen molar-refractivity contribution in [2.45, 2.75) is 339 Å². The van der Waals surface area contributed by atoms with Crippen molar-refractivity contribution in [1.29, 1.82) is 0 Å². The molecule has 1 rings (SSSR count).